The highest BCUT2D eigenvalue weighted by Gasteiger charge is 2.48. The zero-order valence-corrected chi connectivity index (χ0v) is 15.7. The van der Waals surface area contributed by atoms with Gasteiger partial charge in [-0.2, -0.15) is 0 Å². The van der Waals surface area contributed by atoms with Gasteiger partial charge >= 0.3 is 0 Å². The molecule has 0 aromatic carbocycles. The maximum absolute atomic E-state index is 10.5. The number of hydrogen-bond acceptors (Lipinski definition) is 3. The summed E-state index contributed by atoms with van der Waals surface area (Å²) >= 11 is 0. The monoisotopic (exact) mass is 334 g/mol. The average Bonchev–Trinajstić information content (AvgIpc) is 3.18. The molecule has 0 aromatic heterocycles. The molecule has 0 bridgehead atoms. The molecule has 0 amide bonds. The van der Waals surface area contributed by atoms with Gasteiger partial charge < -0.3 is 15.3 Å². The summed E-state index contributed by atoms with van der Waals surface area (Å²) in [7, 11) is 0. The van der Waals surface area contributed by atoms with Crippen molar-refractivity contribution in [3.05, 3.63) is 34.9 Å². The Hall–Kier alpha value is -0.900. The molecule has 24 heavy (non-hydrogen) atoms. The zero-order valence-electron chi connectivity index (χ0n) is 15.7. The van der Waals surface area contributed by atoms with Crippen molar-refractivity contribution in [2.24, 2.45) is 11.3 Å². The molecular formula is C21H34O3. The third-order valence-corrected chi connectivity index (χ3v) is 6.11. The van der Waals surface area contributed by atoms with Crippen LogP contribution in [0, 0.1) is 11.3 Å². The van der Waals surface area contributed by atoms with Crippen LogP contribution in [0.4, 0.5) is 0 Å². The normalized spacial score (nSPS) is 41.4. The maximum Gasteiger partial charge on any atom is 0.106 e. The van der Waals surface area contributed by atoms with Gasteiger partial charge in [-0.1, -0.05) is 30.7 Å². The second kappa shape index (κ2) is 7.55. The van der Waals surface area contributed by atoms with Crippen LogP contribution >= 0.6 is 0 Å². The van der Waals surface area contributed by atoms with Crippen molar-refractivity contribution < 1.29 is 15.3 Å². The number of allylic oxidation sites excluding steroid dienone is 4. The summed E-state index contributed by atoms with van der Waals surface area (Å²) in [4.78, 5) is 0. The Labute approximate surface area is 146 Å². The summed E-state index contributed by atoms with van der Waals surface area (Å²) in [6, 6.07) is 0. The summed E-state index contributed by atoms with van der Waals surface area (Å²) in [5.41, 5.74) is 2.10. The molecule has 0 spiro atoms. The molecule has 0 aliphatic heterocycles. The standard InChI is InChI=1S/C21H34O3/c1-15-7-9-17(21(4,24)14-22)12-19(23)16(2)6-5-11-20(3)13-18(20)10-8-15/h6-7,9,18-19,22-24H,5,8,10-14H2,1-4H3/b15-7+,16-6-,17-9+. The Balaban J connectivity index is 2.26. The van der Waals surface area contributed by atoms with Crippen molar-refractivity contribution in [1.82, 2.24) is 0 Å². The second-order valence-electron chi connectivity index (χ2n) is 8.44. The van der Waals surface area contributed by atoms with Gasteiger partial charge in [-0.15, -0.1) is 0 Å². The Bertz CT molecular complexity index is 541. The van der Waals surface area contributed by atoms with Gasteiger partial charge in [0.05, 0.1) is 12.7 Å². The first-order valence-electron chi connectivity index (χ1n) is 9.23. The lowest BCUT2D eigenvalue weighted by atomic mass is 9.88. The van der Waals surface area contributed by atoms with E-state index in [1.165, 1.54) is 24.8 Å². The number of hydrogen-bond donors (Lipinski definition) is 3. The quantitative estimate of drug-likeness (QED) is 0.671. The molecule has 0 aromatic rings. The number of fused-ring (bicyclic) bond motifs is 1. The highest BCUT2D eigenvalue weighted by atomic mass is 16.3. The van der Waals surface area contributed by atoms with E-state index in [0.29, 0.717) is 17.4 Å². The predicted octanol–water partition coefficient (Wildman–Crippen LogP) is 3.90. The SMILES string of the molecule is C/C1=C/CCC2(C)CC2CC/C(C)=C/C=C(/C(C)(O)CO)CC1O. The predicted molar refractivity (Wildman–Crippen MR) is 98.6 cm³/mol. The average molecular weight is 335 g/mol. The number of aliphatic hydroxyl groups is 3. The minimum atomic E-state index is -1.30. The van der Waals surface area contributed by atoms with Crippen LogP contribution in [-0.4, -0.2) is 33.6 Å². The fourth-order valence-electron chi connectivity index (χ4n) is 3.69. The Morgan fingerprint density at radius 1 is 1.29 bits per heavy atom. The van der Waals surface area contributed by atoms with E-state index in [1.807, 2.05) is 19.1 Å². The molecule has 4 atom stereocenters. The van der Waals surface area contributed by atoms with E-state index in [4.69, 9.17) is 0 Å². The molecule has 0 radical (unpaired) electrons. The van der Waals surface area contributed by atoms with Crippen LogP contribution in [0.15, 0.2) is 34.9 Å². The number of rotatable bonds is 2. The molecule has 2 aliphatic carbocycles. The highest BCUT2D eigenvalue weighted by Crippen LogP contribution is 2.58. The van der Waals surface area contributed by atoms with Crippen molar-refractivity contribution in [2.45, 2.75) is 77.9 Å². The minimum Gasteiger partial charge on any atom is -0.393 e. The molecule has 4 unspecified atom stereocenters. The minimum absolute atomic E-state index is 0.346. The smallest absolute Gasteiger partial charge is 0.106 e. The van der Waals surface area contributed by atoms with Crippen molar-refractivity contribution in [3.63, 3.8) is 0 Å². The summed E-state index contributed by atoms with van der Waals surface area (Å²) < 4.78 is 0. The summed E-state index contributed by atoms with van der Waals surface area (Å²) in [6.07, 6.45) is 11.6. The van der Waals surface area contributed by atoms with E-state index in [2.05, 4.69) is 19.9 Å². The van der Waals surface area contributed by atoms with Crippen molar-refractivity contribution in [2.75, 3.05) is 6.61 Å². The van der Waals surface area contributed by atoms with Crippen LogP contribution in [0.1, 0.15) is 66.2 Å². The van der Waals surface area contributed by atoms with Crippen LogP contribution in [0.3, 0.4) is 0 Å². The largest absolute Gasteiger partial charge is 0.393 e. The van der Waals surface area contributed by atoms with Gasteiger partial charge in [0.25, 0.3) is 0 Å². The Kier molecular flexibility index (Phi) is 6.11. The van der Waals surface area contributed by atoms with Gasteiger partial charge in [-0.25, -0.2) is 0 Å². The number of aliphatic hydroxyl groups excluding tert-OH is 2. The molecule has 3 N–H and O–H groups in total. The third kappa shape index (κ3) is 4.81. The van der Waals surface area contributed by atoms with Gasteiger partial charge in [0, 0.05) is 6.42 Å². The van der Waals surface area contributed by atoms with E-state index in [9.17, 15) is 15.3 Å². The first kappa shape index (κ1) is 19.4. The third-order valence-electron chi connectivity index (χ3n) is 6.11. The second-order valence-corrected chi connectivity index (χ2v) is 8.44. The molecule has 1 fully saturated rings. The van der Waals surface area contributed by atoms with Crippen molar-refractivity contribution in [3.8, 4) is 0 Å². The molecule has 3 heteroatoms. The van der Waals surface area contributed by atoms with Crippen LogP contribution in [0.5, 0.6) is 0 Å². The molecule has 136 valence electrons. The van der Waals surface area contributed by atoms with E-state index in [1.54, 1.807) is 6.92 Å². The van der Waals surface area contributed by atoms with E-state index >= 15 is 0 Å². The van der Waals surface area contributed by atoms with Crippen molar-refractivity contribution in [1.29, 1.82) is 0 Å². The lowest BCUT2D eigenvalue weighted by molar-refractivity contribution is 0.0263. The van der Waals surface area contributed by atoms with Gasteiger partial charge in [0.1, 0.15) is 5.60 Å². The first-order valence-corrected chi connectivity index (χ1v) is 9.23. The molecule has 1 saturated carbocycles. The van der Waals surface area contributed by atoms with E-state index in [-0.39, 0.29) is 6.61 Å². The lowest BCUT2D eigenvalue weighted by Gasteiger charge is -2.26. The van der Waals surface area contributed by atoms with Crippen LogP contribution in [0.25, 0.3) is 0 Å². The summed E-state index contributed by atoms with van der Waals surface area (Å²) in [5.74, 6) is 0.811. The van der Waals surface area contributed by atoms with Gasteiger partial charge in [-0.3, -0.25) is 0 Å². The molecule has 0 saturated heterocycles. The van der Waals surface area contributed by atoms with E-state index < -0.39 is 11.7 Å². The molecule has 2 rings (SSSR count). The van der Waals surface area contributed by atoms with Crippen LogP contribution in [-0.2, 0) is 0 Å². The molecular weight excluding hydrogens is 300 g/mol. The summed E-state index contributed by atoms with van der Waals surface area (Å²) in [5, 5.41) is 30.4. The van der Waals surface area contributed by atoms with Gasteiger partial charge in [0.2, 0.25) is 0 Å². The molecule has 0 heterocycles. The van der Waals surface area contributed by atoms with Crippen molar-refractivity contribution >= 4 is 0 Å². The van der Waals surface area contributed by atoms with Gasteiger partial charge in [0.15, 0.2) is 0 Å². The maximum atomic E-state index is 10.5. The highest BCUT2D eigenvalue weighted by molar-refractivity contribution is 5.26. The lowest BCUT2D eigenvalue weighted by Crippen LogP contribution is -2.33. The van der Waals surface area contributed by atoms with Crippen LogP contribution in [0.2, 0.25) is 0 Å². The Morgan fingerprint density at radius 3 is 2.67 bits per heavy atom. The molecule has 2 aliphatic rings. The first-order chi connectivity index (χ1) is 11.2. The Morgan fingerprint density at radius 2 is 2.00 bits per heavy atom. The fourth-order valence-corrected chi connectivity index (χ4v) is 3.69. The summed E-state index contributed by atoms with van der Waals surface area (Å²) in [6.45, 7) is 7.72. The fraction of sp³-hybridized carbons (Fsp3) is 0.714. The molecule has 3 nitrogen and oxygen atoms in total. The topological polar surface area (TPSA) is 60.7 Å². The zero-order chi connectivity index (χ0) is 18.0. The van der Waals surface area contributed by atoms with Gasteiger partial charge in [-0.05, 0) is 75.4 Å². The van der Waals surface area contributed by atoms with E-state index in [0.717, 1.165) is 24.3 Å². The van der Waals surface area contributed by atoms with Crippen LogP contribution < -0.4 is 0 Å².